The van der Waals surface area contributed by atoms with Crippen molar-refractivity contribution in [3.63, 3.8) is 0 Å². The largest absolute Gasteiger partial charge is 0.376 e. The van der Waals surface area contributed by atoms with Crippen molar-refractivity contribution in [2.75, 3.05) is 25.4 Å². The molecule has 0 radical (unpaired) electrons. The average molecular weight is 373 g/mol. The van der Waals surface area contributed by atoms with Crippen LogP contribution < -0.4 is 5.56 Å². The van der Waals surface area contributed by atoms with E-state index in [2.05, 4.69) is 4.98 Å². The van der Waals surface area contributed by atoms with Crippen molar-refractivity contribution in [1.29, 1.82) is 0 Å². The first-order valence-corrected chi connectivity index (χ1v) is 10.2. The summed E-state index contributed by atoms with van der Waals surface area (Å²) < 4.78 is 7.41. The van der Waals surface area contributed by atoms with Gasteiger partial charge in [0.05, 0.1) is 29.3 Å². The standard InChI is InChI=1S/C19H23N3O3S/c23-17(21-9-3-4-10-21)13-26-19-20-16-8-2-1-7-15(16)18(24)22(19)12-14-6-5-11-25-14/h1-2,7-8,14H,3-6,9-13H2/t14-/m0/s1. The van der Waals surface area contributed by atoms with Gasteiger partial charge >= 0.3 is 0 Å². The van der Waals surface area contributed by atoms with E-state index < -0.39 is 0 Å². The summed E-state index contributed by atoms with van der Waals surface area (Å²) in [4.78, 5) is 32.0. The molecule has 1 aromatic heterocycles. The number of rotatable bonds is 5. The van der Waals surface area contributed by atoms with Gasteiger partial charge < -0.3 is 9.64 Å². The average Bonchev–Trinajstić information content (AvgIpc) is 3.36. The predicted molar refractivity (Wildman–Crippen MR) is 102 cm³/mol. The van der Waals surface area contributed by atoms with Crippen molar-refractivity contribution in [3.8, 4) is 0 Å². The molecule has 4 rings (SSSR count). The fourth-order valence-corrected chi connectivity index (χ4v) is 4.51. The zero-order valence-corrected chi connectivity index (χ0v) is 15.5. The molecule has 1 aromatic carbocycles. The van der Waals surface area contributed by atoms with Gasteiger partial charge in [0.2, 0.25) is 5.91 Å². The van der Waals surface area contributed by atoms with E-state index in [-0.39, 0.29) is 17.6 Å². The molecule has 0 saturated carbocycles. The maximum Gasteiger partial charge on any atom is 0.262 e. The number of para-hydroxylation sites is 1. The van der Waals surface area contributed by atoms with Crippen LogP contribution in [0.25, 0.3) is 10.9 Å². The molecule has 138 valence electrons. The van der Waals surface area contributed by atoms with Crippen LogP contribution in [0.2, 0.25) is 0 Å². The molecule has 0 spiro atoms. The highest BCUT2D eigenvalue weighted by atomic mass is 32.2. The summed E-state index contributed by atoms with van der Waals surface area (Å²) in [6.45, 7) is 2.92. The lowest BCUT2D eigenvalue weighted by Crippen LogP contribution is -2.31. The zero-order valence-electron chi connectivity index (χ0n) is 14.7. The van der Waals surface area contributed by atoms with Gasteiger partial charge in [-0.2, -0.15) is 0 Å². The molecule has 1 atom stereocenters. The van der Waals surface area contributed by atoms with Gasteiger partial charge in [0.1, 0.15) is 0 Å². The van der Waals surface area contributed by atoms with E-state index in [1.165, 1.54) is 11.8 Å². The summed E-state index contributed by atoms with van der Waals surface area (Å²) in [5.41, 5.74) is 0.624. The molecule has 2 fully saturated rings. The van der Waals surface area contributed by atoms with Crippen LogP contribution in [-0.2, 0) is 16.1 Å². The van der Waals surface area contributed by atoms with E-state index in [1.54, 1.807) is 10.6 Å². The van der Waals surface area contributed by atoms with Crippen LogP contribution in [0.4, 0.5) is 0 Å². The second-order valence-electron chi connectivity index (χ2n) is 6.84. The highest BCUT2D eigenvalue weighted by Crippen LogP contribution is 2.22. The fraction of sp³-hybridized carbons (Fsp3) is 0.526. The minimum absolute atomic E-state index is 0.0456. The Morgan fingerprint density at radius 3 is 2.81 bits per heavy atom. The number of fused-ring (bicyclic) bond motifs is 1. The van der Waals surface area contributed by atoms with Crippen LogP contribution in [0.3, 0.4) is 0 Å². The van der Waals surface area contributed by atoms with Crippen LogP contribution in [0.15, 0.2) is 34.2 Å². The van der Waals surface area contributed by atoms with Gasteiger partial charge in [-0.1, -0.05) is 23.9 Å². The minimum atomic E-state index is -0.0535. The number of amides is 1. The summed E-state index contributed by atoms with van der Waals surface area (Å²) in [6, 6.07) is 7.38. The van der Waals surface area contributed by atoms with E-state index in [4.69, 9.17) is 4.74 Å². The second kappa shape index (κ2) is 7.80. The molecule has 2 aromatic rings. The number of hydrogen-bond donors (Lipinski definition) is 0. The molecule has 3 heterocycles. The Balaban J connectivity index is 1.62. The van der Waals surface area contributed by atoms with Gasteiger partial charge in [-0.3, -0.25) is 14.2 Å². The first kappa shape index (κ1) is 17.5. The number of ether oxygens (including phenoxy) is 1. The Kier molecular flexibility index (Phi) is 5.26. The molecule has 2 aliphatic heterocycles. The number of hydrogen-bond acceptors (Lipinski definition) is 5. The van der Waals surface area contributed by atoms with Gasteiger partial charge in [-0.15, -0.1) is 0 Å². The lowest BCUT2D eigenvalue weighted by atomic mass is 10.2. The fourth-order valence-electron chi connectivity index (χ4n) is 3.59. The minimum Gasteiger partial charge on any atom is -0.376 e. The SMILES string of the molecule is O=C(CSc1nc2ccccc2c(=O)n1C[C@@H]1CCCO1)N1CCCC1. The number of aromatic nitrogens is 2. The third kappa shape index (κ3) is 3.64. The molecule has 0 N–H and O–H groups in total. The zero-order chi connectivity index (χ0) is 17.9. The smallest absolute Gasteiger partial charge is 0.262 e. The molecule has 0 aliphatic carbocycles. The van der Waals surface area contributed by atoms with E-state index in [1.807, 2.05) is 23.1 Å². The van der Waals surface area contributed by atoms with Gasteiger partial charge in [-0.05, 0) is 37.8 Å². The third-order valence-corrected chi connectivity index (χ3v) is 5.98. The van der Waals surface area contributed by atoms with Crippen molar-refractivity contribution in [2.24, 2.45) is 0 Å². The lowest BCUT2D eigenvalue weighted by Gasteiger charge is -2.18. The highest BCUT2D eigenvalue weighted by Gasteiger charge is 2.22. The number of nitrogens with zero attached hydrogens (tertiary/aromatic N) is 3. The highest BCUT2D eigenvalue weighted by molar-refractivity contribution is 7.99. The maximum atomic E-state index is 13.0. The first-order chi connectivity index (χ1) is 12.7. The van der Waals surface area contributed by atoms with E-state index in [0.717, 1.165) is 45.4 Å². The van der Waals surface area contributed by atoms with Crippen molar-refractivity contribution in [1.82, 2.24) is 14.5 Å². The molecule has 0 bridgehead atoms. The van der Waals surface area contributed by atoms with Crippen LogP contribution in [0.5, 0.6) is 0 Å². The number of benzene rings is 1. The molecule has 1 amide bonds. The Labute approximate surface area is 156 Å². The molecule has 2 saturated heterocycles. The third-order valence-electron chi connectivity index (χ3n) is 5.02. The van der Waals surface area contributed by atoms with Crippen LogP contribution in [0.1, 0.15) is 25.7 Å². The van der Waals surface area contributed by atoms with Crippen molar-refractivity contribution in [3.05, 3.63) is 34.6 Å². The summed E-state index contributed by atoms with van der Waals surface area (Å²) in [7, 11) is 0. The second-order valence-corrected chi connectivity index (χ2v) is 7.78. The van der Waals surface area contributed by atoms with Crippen molar-refractivity contribution < 1.29 is 9.53 Å². The van der Waals surface area contributed by atoms with Crippen molar-refractivity contribution >= 4 is 28.6 Å². The quantitative estimate of drug-likeness (QED) is 0.594. The van der Waals surface area contributed by atoms with Crippen molar-refractivity contribution in [2.45, 2.75) is 43.5 Å². The number of likely N-dealkylation sites (tertiary alicyclic amines) is 1. The molecule has 2 aliphatic rings. The van der Waals surface area contributed by atoms with Gasteiger partial charge in [-0.25, -0.2) is 4.98 Å². The van der Waals surface area contributed by atoms with Gasteiger partial charge in [0.25, 0.3) is 5.56 Å². The molecule has 7 heteroatoms. The molecule has 26 heavy (non-hydrogen) atoms. The number of carbonyl (C=O) groups is 1. The Morgan fingerprint density at radius 2 is 2.04 bits per heavy atom. The molecular formula is C19H23N3O3S. The summed E-state index contributed by atoms with van der Waals surface area (Å²) >= 11 is 1.36. The number of carbonyl (C=O) groups excluding carboxylic acids is 1. The predicted octanol–water partition coefficient (Wildman–Crippen LogP) is 2.29. The molecule has 0 unspecified atom stereocenters. The van der Waals surface area contributed by atoms with Crippen LogP contribution >= 0.6 is 11.8 Å². The molecule has 6 nitrogen and oxygen atoms in total. The summed E-state index contributed by atoms with van der Waals surface area (Å²) in [5, 5.41) is 1.22. The number of thioether (sulfide) groups is 1. The lowest BCUT2D eigenvalue weighted by molar-refractivity contribution is -0.127. The van der Waals surface area contributed by atoms with Gasteiger partial charge in [0, 0.05) is 19.7 Å². The topological polar surface area (TPSA) is 64.4 Å². The van der Waals surface area contributed by atoms with Crippen LogP contribution in [0, 0.1) is 0 Å². The Hall–Kier alpha value is -1.86. The summed E-state index contributed by atoms with van der Waals surface area (Å²) in [6.07, 6.45) is 4.18. The maximum absolute atomic E-state index is 13.0. The van der Waals surface area contributed by atoms with Gasteiger partial charge in [0.15, 0.2) is 5.16 Å². The first-order valence-electron chi connectivity index (χ1n) is 9.24. The summed E-state index contributed by atoms with van der Waals surface area (Å²) in [5.74, 6) is 0.439. The van der Waals surface area contributed by atoms with E-state index in [0.29, 0.717) is 28.4 Å². The normalized spacial score (nSPS) is 20.2. The Morgan fingerprint density at radius 1 is 1.23 bits per heavy atom. The Bertz CT molecular complexity index is 855. The van der Waals surface area contributed by atoms with Crippen LogP contribution in [-0.4, -0.2) is 51.9 Å². The molecular weight excluding hydrogens is 350 g/mol. The van der Waals surface area contributed by atoms with E-state index >= 15 is 0 Å². The van der Waals surface area contributed by atoms with E-state index in [9.17, 15) is 9.59 Å². The monoisotopic (exact) mass is 373 g/mol.